The second-order valence-corrected chi connectivity index (χ2v) is 15.6. The molecular formula is C41H50F5N7O14. The smallest absolute Gasteiger partial charge is 0.326 e. The molecule has 2 aromatic rings. The molecule has 0 fully saturated rings. The van der Waals surface area contributed by atoms with Gasteiger partial charge in [-0.3, -0.25) is 43.2 Å². The van der Waals surface area contributed by atoms with Crippen LogP contribution in [0.2, 0.25) is 0 Å². The van der Waals surface area contributed by atoms with E-state index in [9.17, 15) is 90.3 Å². The number of carboxylic acid groups (broad SMARTS) is 3. The van der Waals surface area contributed by atoms with Crippen molar-refractivity contribution in [1.82, 2.24) is 37.2 Å². The van der Waals surface area contributed by atoms with Crippen molar-refractivity contribution in [2.45, 2.75) is 115 Å². The average molecular weight is 960 g/mol. The van der Waals surface area contributed by atoms with Crippen molar-refractivity contribution in [3.8, 4) is 0 Å². The van der Waals surface area contributed by atoms with E-state index in [1.165, 1.54) is 0 Å². The van der Waals surface area contributed by atoms with Crippen molar-refractivity contribution in [2.24, 2.45) is 5.92 Å². The number of aliphatic carboxylic acids is 3. The maximum absolute atomic E-state index is 14.3. The van der Waals surface area contributed by atoms with E-state index in [4.69, 9.17) is 0 Å². The highest BCUT2D eigenvalue weighted by Gasteiger charge is 2.37. The van der Waals surface area contributed by atoms with Crippen molar-refractivity contribution in [3.05, 3.63) is 70.5 Å². The van der Waals surface area contributed by atoms with Crippen LogP contribution in [-0.4, -0.2) is 128 Å². The average Bonchev–Trinajstić information content (AvgIpc) is 3.23. The third-order valence-electron chi connectivity index (χ3n) is 9.48. The summed E-state index contributed by atoms with van der Waals surface area (Å²) in [6.07, 6.45) is -5.78. The van der Waals surface area contributed by atoms with Crippen LogP contribution >= 0.6 is 0 Å². The number of rotatable bonds is 25. The molecule has 0 aromatic heterocycles. The number of aliphatic hydroxyl groups excluding tert-OH is 1. The van der Waals surface area contributed by atoms with Gasteiger partial charge in [0.15, 0.2) is 23.3 Å². The summed E-state index contributed by atoms with van der Waals surface area (Å²) in [6.45, 7) is 6.48. The SMILES string of the molecule is CC(=O)N[C@@H](Cc1ccccc1)C(=O)N[C@H](C(=O)N[C@@H](CC(C)C)C(=O)N[C@@H](CC(=O)O)C(=O)N[C@@H](C)C(=O)N[C@@H](CC(=O)O)C(=O)N[C@@H](Cc1c(F)c(F)c(F)c(F)c1F)C(=O)O)[C@H](C)O. The molecule has 0 radical (unpaired) electrons. The van der Waals surface area contributed by atoms with Gasteiger partial charge in [0.25, 0.3) is 0 Å². The lowest BCUT2D eigenvalue weighted by molar-refractivity contribution is -0.143. The van der Waals surface area contributed by atoms with Crippen molar-refractivity contribution < 1.29 is 90.3 Å². The number of benzene rings is 2. The molecule has 0 aliphatic rings. The van der Waals surface area contributed by atoms with E-state index in [0.29, 0.717) is 5.56 Å². The second kappa shape index (κ2) is 25.4. The summed E-state index contributed by atoms with van der Waals surface area (Å²) in [4.78, 5) is 127. The van der Waals surface area contributed by atoms with Crippen LogP contribution in [-0.2, 0) is 60.8 Å². The molecule has 21 nitrogen and oxygen atoms in total. The van der Waals surface area contributed by atoms with E-state index in [1.54, 1.807) is 49.5 Å². The maximum atomic E-state index is 14.3. The molecule has 67 heavy (non-hydrogen) atoms. The van der Waals surface area contributed by atoms with Crippen LogP contribution in [0.3, 0.4) is 0 Å². The lowest BCUT2D eigenvalue weighted by Crippen LogP contribution is -2.61. The number of amides is 7. The monoisotopic (exact) mass is 959 g/mol. The van der Waals surface area contributed by atoms with Crippen molar-refractivity contribution >= 4 is 59.3 Å². The molecule has 8 atom stereocenters. The van der Waals surface area contributed by atoms with Gasteiger partial charge >= 0.3 is 17.9 Å². The molecule has 2 aromatic carbocycles. The Balaban J connectivity index is 2.26. The van der Waals surface area contributed by atoms with Gasteiger partial charge in [-0.1, -0.05) is 44.2 Å². The van der Waals surface area contributed by atoms with Gasteiger partial charge in [-0.05, 0) is 31.7 Å². The molecule has 0 saturated carbocycles. The largest absolute Gasteiger partial charge is 0.481 e. The van der Waals surface area contributed by atoms with Crippen LogP contribution in [0.15, 0.2) is 30.3 Å². The summed E-state index contributed by atoms with van der Waals surface area (Å²) in [5.41, 5.74) is -1.02. The molecule has 2 rings (SSSR count). The first-order chi connectivity index (χ1) is 31.1. The van der Waals surface area contributed by atoms with Gasteiger partial charge in [0, 0.05) is 25.3 Å². The Labute approximate surface area is 378 Å². The zero-order valence-corrected chi connectivity index (χ0v) is 36.4. The minimum Gasteiger partial charge on any atom is -0.481 e. The van der Waals surface area contributed by atoms with E-state index in [-0.39, 0.29) is 18.8 Å². The zero-order valence-electron chi connectivity index (χ0n) is 36.4. The number of hydrogen-bond donors (Lipinski definition) is 11. The molecule has 7 amide bonds. The molecule has 0 aliphatic carbocycles. The van der Waals surface area contributed by atoms with Crippen molar-refractivity contribution in [1.29, 1.82) is 0 Å². The van der Waals surface area contributed by atoms with E-state index in [0.717, 1.165) is 20.8 Å². The number of carboxylic acids is 3. The minimum atomic E-state index is -2.56. The maximum Gasteiger partial charge on any atom is 0.326 e. The van der Waals surface area contributed by atoms with Crippen molar-refractivity contribution in [3.63, 3.8) is 0 Å². The summed E-state index contributed by atoms with van der Waals surface area (Å²) >= 11 is 0. The highest BCUT2D eigenvalue weighted by atomic mass is 19.2. The number of nitrogens with one attached hydrogen (secondary N) is 7. The summed E-state index contributed by atoms with van der Waals surface area (Å²) in [5.74, 6) is -26.3. The Morgan fingerprint density at radius 1 is 0.507 bits per heavy atom. The van der Waals surface area contributed by atoms with Crippen molar-refractivity contribution in [2.75, 3.05) is 0 Å². The highest BCUT2D eigenvalue weighted by molar-refractivity contribution is 5.98. The number of hydrogen-bond acceptors (Lipinski definition) is 11. The first kappa shape index (κ1) is 55.9. The lowest BCUT2D eigenvalue weighted by Gasteiger charge is -2.28. The summed E-state index contributed by atoms with van der Waals surface area (Å²) in [6, 6.07) is -4.56. The summed E-state index contributed by atoms with van der Waals surface area (Å²) in [5, 5.41) is 53.8. The first-order valence-electron chi connectivity index (χ1n) is 20.1. The molecule has 0 heterocycles. The van der Waals surface area contributed by atoms with Gasteiger partial charge in [0.05, 0.1) is 18.9 Å². The highest BCUT2D eigenvalue weighted by Crippen LogP contribution is 2.24. The number of carbonyl (C=O) groups is 10. The van der Waals surface area contributed by atoms with Crippen LogP contribution < -0.4 is 37.2 Å². The molecule has 0 bridgehead atoms. The lowest BCUT2D eigenvalue weighted by atomic mass is 10.0. The fraction of sp³-hybridized carbons (Fsp3) is 0.463. The summed E-state index contributed by atoms with van der Waals surface area (Å²) < 4.78 is 69.6. The Hall–Kier alpha value is -7.25. The van der Waals surface area contributed by atoms with Gasteiger partial charge in [0.2, 0.25) is 47.2 Å². The van der Waals surface area contributed by atoms with Gasteiger partial charge in [-0.25, -0.2) is 26.7 Å². The third-order valence-corrected chi connectivity index (χ3v) is 9.48. The number of aliphatic hydroxyl groups is 1. The minimum absolute atomic E-state index is 0.0156. The fourth-order valence-electron chi connectivity index (χ4n) is 6.15. The van der Waals surface area contributed by atoms with Crippen LogP contribution in [0.25, 0.3) is 0 Å². The third kappa shape index (κ3) is 17.2. The quantitative estimate of drug-likeness (QED) is 0.0325. The molecule has 0 saturated heterocycles. The van der Waals surface area contributed by atoms with Crippen LogP contribution in [0.4, 0.5) is 22.0 Å². The topological polar surface area (TPSA) is 336 Å². The Morgan fingerprint density at radius 3 is 1.40 bits per heavy atom. The zero-order chi connectivity index (χ0) is 51.0. The molecule has 0 unspecified atom stereocenters. The Kier molecular flexibility index (Phi) is 21.2. The van der Waals surface area contributed by atoms with Crippen LogP contribution in [0.5, 0.6) is 0 Å². The van der Waals surface area contributed by atoms with E-state index >= 15 is 0 Å². The predicted molar refractivity (Wildman–Crippen MR) is 218 cm³/mol. The Bertz CT molecular complexity index is 2170. The predicted octanol–water partition coefficient (Wildman–Crippen LogP) is -0.938. The molecule has 0 aliphatic heterocycles. The van der Waals surface area contributed by atoms with Gasteiger partial charge in [-0.15, -0.1) is 0 Å². The standard InChI is InChI=1S/C41H50F5N7O14/c1-16(2)11-22(51-40(65)34(18(4)54)53-39(64)23(48-19(5)55)12-20-9-7-6-8-10-20)37(62)50-24(14-27(56)57)36(61)47-17(3)35(60)49-25(15-28(58)59)38(63)52-26(41(66)67)13-21-29(42)31(44)33(46)32(45)30(21)43/h6-10,16-18,22-26,34,54H,11-15H2,1-5H3,(H,47,61)(H,48,55)(H,49,60)(H,50,62)(H,51,65)(H,52,63)(H,53,64)(H,56,57)(H,58,59)(H,66,67)/t17-,18-,22-,23-,24-,25-,26-,34-/m0/s1. The van der Waals surface area contributed by atoms with Crippen LogP contribution in [0, 0.1) is 35.0 Å². The second-order valence-electron chi connectivity index (χ2n) is 15.6. The van der Waals surface area contributed by atoms with Gasteiger partial charge < -0.3 is 57.6 Å². The molecule has 368 valence electrons. The number of carbonyl (C=O) groups excluding carboxylic acids is 7. The molecular weight excluding hydrogens is 909 g/mol. The van der Waals surface area contributed by atoms with Crippen LogP contribution in [0.1, 0.15) is 65.0 Å². The van der Waals surface area contributed by atoms with Gasteiger partial charge in [0.1, 0.15) is 42.3 Å². The van der Waals surface area contributed by atoms with E-state index in [1.807, 2.05) is 10.6 Å². The molecule has 11 N–H and O–H groups in total. The number of halogens is 5. The van der Waals surface area contributed by atoms with E-state index in [2.05, 4.69) is 21.3 Å². The normalized spacial score (nSPS) is 14.6. The summed E-state index contributed by atoms with van der Waals surface area (Å²) in [7, 11) is 0. The molecule has 26 heteroatoms. The Morgan fingerprint density at radius 2 is 0.940 bits per heavy atom. The first-order valence-corrected chi connectivity index (χ1v) is 20.1. The molecule has 0 spiro atoms. The fourth-order valence-corrected chi connectivity index (χ4v) is 6.15. The van der Waals surface area contributed by atoms with E-state index < -0.39 is 162 Å². The van der Waals surface area contributed by atoms with Gasteiger partial charge in [-0.2, -0.15) is 0 Å².